The van der Waals surface area contributed by atoms with Gasteiger partial charge in [0.2, 0.25) is 0 Å². The van der Waals surface area contributed by atoms with E-state index < -0.39 is 0 Å². The number of benzene rings is 2. The van der Waals surface area contributed by atoms with Crippen LogP contribution in [-0.2, 0) is 6.54 Å². The molecule has 0 aliphatic rings. The molecule has 3 rings (SSSR count). The maximum absolute atomic E-state index is 13.1. The molecule has 0 bridgehead atoms. The van der Waals surface area contributed by atoms with Crippen LogP contribution in [0.3, 0.4) is 0 Å². The van der Waals surface area contributed by atoms with E-state index in [-0.39, 0.29) is 11.6 Å². The number of rotatable bonds is 4. The first-order chi connectivity index (χ1) is 10.6. The van der Waals surface area contributed by atoms with Crippen molar-refractivity contribution in [2.24, 2.45) is 0 Å². The molecule has 3 nitrogen and oxygen atoms in total. The van der Waals surface area contributed by atoms with Crippen molar-refractivity contribution >= 4 is 5.78 Å². The van der Waals surface area contributed by atoms with Crippen molar-refractivity contribution in [1.82, 2.24) is 9.55 Å². The number of Topliss-reactive ketones (excluding diaryl/α,β-unsaturated/α-hetero) is 1. The van der Waals surface area contributed by atoms with Crippen molar-refractivity contribution in [3.8, 4) is 11.1 Å². The number of carbonyl (C=O) groups is 1. The third-order valence-electron chi connectivity index (χ3n) is 3.59. The number of ketones is 1. The molecule has 0 spiro atoms. The van der Waals surface area contributed by atoms with Crippen molar-refractivity contribution in [2.45, 2.75) is 13.5 Å². The van der Waals surface area contributed by atoms with Crippen molar-refractivity contribution in [3.63, 3.8) is 0 Å². The SMILES string of the molecule is CC(=O)c1cncn1Cc1ccccc1-c1ccc(F)cc1. The molecule has 0 atom stereocenters. The fourth-order valence-corrected chi connectivity index (χ4v) is 2.49. The molecule has 0 N–H and O–H groups in total. The van der Waals surface area contributed by atoms with Gasteiger partial charge in [-0.05, 0) is 28.8 Å². The molecular weight excluding hydrogens is 279 g/mol. The highest BCUT2D eigenvalue weighted by Crippen LogP contribution is 2.25. The van der Waals surface area contributed by atoms with Gasteiger partial charge in [-0.1, -0.05) is 36.4 Å². The van der Waals surface area contributed by atoms with Crippen molar-refractivity contribution in [1.29, 1.82) is 0 Å². The summed E-state index contributed by atoms with van der Waals surface area (Å²) in [4.78, 5) is 15.7. The Morgan fingerprint density at radius 2 is 1.86 bits per heavy atom. The summed E-state index contributed by atoms with van der Waals surface area (Å²) in [5.41, 5.74) is 3.59. The van der Waals surface area contributed by atoms with Gasteiger partial charge in [-0.2, -0.15) is 0 Å². The van der Waals surface area contributed by atoms with Gasteiger partial charge >= 0.3 is 0 Å². The van der Waals surface area contributed by atoms with Crippen LogP contribution in [0, 0.1) is 5.82 Å². The Bertz CT molecular complexity index is 806. The largest absolute Gasteiger partial charge is 0.324 e. The summed E-state index contributed by atoms with van der Waals surface area (Å²) in [6.45, 7) is 2.07. The summed E-state index contributed by atoms with van der Waals surface area (Å²) in [5.74, 6) is -0.272. The molecule has 22 heavy (non-hydrogen) atoms. The van der Waals surface area contributed by atoms with E-state index in [2.05, 4.69) is 4.98 Å². The Kier molecular flexibility index (Phi) is 3.83. The first kappa shape index (κ1) is 14.2. The van der Waals surface area contributed by atoms with Crippen LogP contribution in [0.4, 0.5) is 4.39 Å². The lowest BCUT2D eigenvalue weighted by Crippen LogP contribution is -2.07. The minimum Gasteiger partial charge on any atom is -0.324 e. The molecule has 0 aliphatic carbocycles. The normalized spacial score (nSPS) is 10.6. The number of nitrogens with zero attached hydrogens (tertiary/aromatic N) is 2. The number of hydrogen-bond acceptors (Lipinski definition) is 2. The zero-order valence-corrected chi connectivity index (χ0v) is 12.2. The van der Waals surface area contributed by atoms with Gasteiger partial charge < -0.3 is 4.57 Å². The summed E-state index contributed by atoms with van der Waals surface area (Å²) >= 11 is 0. The van der Waals surface area contributed by atoms with Gasteiger partial charge in [0, 0.05) is 13.5 Å². The van der Waals surface area contributed by atoms with Crippen LogP contribution in [0.15, 0.2) is 61.1 Å². The van der Waals surface area contributed by atoms with Gasteiger partial charge in [-0.25, -0.2) is 9.37 Å². The van der Waals surface area contributed by atoms with Crippen molar-refractivity contribution in [2.75, 3.05) is 0 Å². The third-order valence-corrected chi connectivity index (χ3v) is 3.59. The quantitative estimate of drug-likeness (QED) is 0.683. The summed E-state index contributed by atoms with van der Waals surface area (Å²) in [7, 11) is 0. The molecule has 1 aromatic heterocycles. The molecule has 110 valence electrons. The van der Waals surface area contributed by atoms with E-state index in [1.165, 1.54) is 19.1 Å². The number of hydrogen-bond donors (Lipinski definition) is 0. The van der Waals surface area contributed by atoms with Gasteiger partial charge in [0.15, 0.2) is 5.78 Å². The second-order valence-corrected chi connectivity index (χ2v) is 5.13. The Hall–Kier alpha value is -2.75. The predicted molar refractivity (Wildman–Crippen MR) is 83.2 cm³/mol. The number of imidazole rings is 1. The van der Waals surface area contributed by atoms with Crippen LogP contribution < -0.4 is 0 Å². The lowest BCUT2D eigenvalue weighted by molar-refractivity contribution is 0.100. The molecule has 0 radical (unpaired) electrons. The highest BCUT2D eigenvalue weighted by atomic mass is 19.1. The number of aromatic nitrogens is 2. The highest BCUT2D eigenvalue weighted by Gasteiger charge is 2.10. The molecule has 0 unspecified atom stereocenters. The van der Waals surface area contributed by atoms with Crippen molar-refractivity contribution < 1.29 is 9.18 Å². The van der Waals surface area contributed by atoms with E-state index in [0.717, 1.165) is 16.7 Å². The Labute approximate surface area is 128 Å². The lowest BCUT2D eigenvalue weighted by atomic mass is 9.99. The molecule has 0 amide bonds. The predicted octanol–water partition coefficient (Wildman–Crippen LogP) is 3.94. The molecule has 0 aliphatic heterocycles. The van der Waals surface area contributed by atoms with E-state index in [1.807, 2.05) is 28.8 Å². The van der Waals surface area contributed by atoms with E-state index in [0.29, 0.717) is 12.2 Å². The van der Waals surface area contributed by atoms with Crippen LogP contribution in [-0.4, -0.2) is 15.3 Å². The van der Waals surface area contributed by atoms with Crippen LogP contribution in [0.25, 0.3) is 11.1 Å². The fraction of sp³-hybridized carbons (Fsp3) is 0.111. The molecule has 2 aromatic carbocycles. The first-order valence-corrected chi connectivity index (χ1v) is 7.00. The number of halogens is 1. The maximum atomic E-state index is 13.1. The zero-order chi connectivity index (χ0) is 15.5. The minimum absolute atomic E-state index is 0.0169. The van der Waals surface area contributed by atoms with E-state index >= 15 is 0 Å². The monoisotopic (exact) mass is 294 g/mol. The molecule has 0 fully saturated rings. The highest BCUT2D eigenvalue weighted by molar-refractivity contribution is 5.92. The van der Waals surface area contributed by atoms with Crippen LogP contribution in [0.2, 0.25) is 0 Å². The molecule has 1 heterocycles. The van der Waals surface area contributed by atoms with Crippen LogP contribution >= 0.6 is 0 Å². The van der Waals surface area contributed by atoms with Gasteiger partial charge in [-0.15, -0.1) is 0 Å². The topological polar surface area (TPSA) is 34.9 Å². The van der Waals surface area contributed by atoms with Gasteiger partial charge in [0.25, 0.3) is 0 Å². The van der Waals surface area contributed by atoms with Crippen molar-refractivity contribution in [3.05, 3.63) is 78.1 Å². The first-order valence-electron chi connectivity index (χ1n) is 7.00. The number of carbonyl (C=O) groups excluding carboxylic acids is 1. The summed E-state index contributed by atoms with van der Waals surface area (Å²) in [6, 6.07) is 14.3. The maximum Gasteiger partial charge on any atom is 0.177 e. The molecule has 4 heteroatoms. The second kappa shape index (κ2) is 5.93. The zero-order valence-electron chi connectivity index (χ0n) is 12.2. The van der Waals surface area contributed by atoms with E-state index in [4.69, 9.17) is 0 Å². The third kappa shape index (κ3) is 2.81. The fourth-order valence-electron chi connectivity index (χ4n) is 2.49. The molecule has 0 saturated carbocycles. The average molecular weight is 294 g/mol. The van der Waals surface area contributed by atoms with Gasteiger partial charge in [-0.3, -0.25) is 4.79 Å². The van der Waals surface area contributed by atoms with Crippen LogP contribution in [0.1, 0.15) is 23.0 Å². The summed E-state index contributed by atoms with van der Waals surface area (Å²) in [5, 5.41) is 0. The van der Waals surface area contributed by atoms with Gasteiger partial charge in [0.1, 0.15) is 11.5 Å². The Morgan fingerprint density at radius 3 is 2.59 bits per heavy atom. The lowest BCUT2D eigenvalue weighted by Gasteiger charge is -2.12. The standard InChI is InChI=1S/C18H15FN2O/c1-13(22)18-10-20-12-21(18)11-15-4-2-3-5-17(15)14-6-8-16(19)9-7-14/h2-10,12H,11H2,1H3. The second-order valence-electron chi connectivity index (χ2n) is 5.13. The van der Waals surface area contributed by atoms with Gasteiger partial charge in [0.05, 0.1) is 12.5 Å². The smallest absolute Gasteiger partial charge is 0.177 e. The molecule has 3 aromatic rings. The molecule has 0 saturated heterocycles. The van der Waals surface area contributed by atoms with E-state index in [1.54, 1.807) is 24.7 Å². The Morgan fingerprint density at radius 1 is 1.14 bits per heavy atom. The molecular formula is C18H15FN2O. The van der Waals surface area contributed by atoms with E-state index in [9.17, 15) is 9.18 Å². The Balaban J connectivity index is 2.00. The minimum atomic E-state index is -0.255. The summed E-state index contributed by atoms with van der Waals surface area (Å²) in [6.07, 6.45) is 3.22. The van der Waals surface area contributed by atoms with Crippen LogP contribution in [0.5, 0.6) is 0 Å². The average Bonchev–Trinajstić information content (AvgIpc) is 2.97. The summed E-state index contributed by atoms with van der Waals surface area (Å²) < 4.78 is 14.9.